The number of ether oxygens (including phenoxy) is 1. The molecular formula is C16H21NO4S. The van der Waals surface area contributed by atoms with E-state index in [0.717, 1.165) is 24.2 Å². The van der Waals surface area contributed by atoms with Gasteiger partial charge in [0.15, 0.2) is 0 Å². The van der Waals surface area contributed by atoms with E-state index in [-0.39, 0.29) is 18.5 Å². The van der Waals surface area contributed by atoms with Gasteiger partial charge in [0.1, 0.15) is 6.61 Å². The number of carbonyl (C=O) groups excluding carboxylic acids is 1. The van der Waals surface area contributed by atoms with Gasteiger partial charge in [0.2, 0.25) is 0 Å². The molecule has 0 radical (unpaired) electrons. The third-order valence-electron chi connectivity index (χ3n) is 3.56. The molecule has 6 heteroatoms. The Hall–Kier alpha value is -1.69. The number of carboxylic acids is 1. The molecule has 1 aliphatic heterocycles. The molecular weight excluding hydrogens is 302 g/mol. The zero-order valence-corrected chi connectivity index (χ0v) is 13.3. The van der Waals surface area contributed by atoms with Gasteiger partial charge < -0.3 is 14.7 Å². The van der Waals surface area contributed by atoms with E-state index in [9.17, 15) is 9.59 Å². The van der Waals surface area contributed by atoms with Crippen molar-refractivity contribution >= 4 is 23.8 Å². The van der Waals surface area contributed by atoms with Gasteiger partial charge >= 0.3 is 12.1 Å². The van der Waals surface area contributed by atoms with Crippen molar-refractivity contribution in [3.05, 3.63) is 35.9 Å². The van der Waals surface area contributed by atoms with Crippen molar-refractivity contribution in [2.45, 2.75) is 19.4 Å². The fraction of sp³-hybridized carbons (Fsp3) is 0.500. The van der Waals surface area contributed by atoms with Crippen molar-refractivity contribution in [1.82, 2.24) is 4.90 Å². The summed E-state index contributed by atoms with van der Waals surface area (Å²) in [7, 11) is 0. The summed E-state index contributed by atoms with van der Waals surface area (Å²) in [5.74, 6) is 0.450. The standard InChI is InChI=1S/C16H21NO4S/c18-15(19)12-22-11-14-7-4-8-17(9-14)16(20)21-10-13-5-2-1-3-6-13/h1-3,5-6,14H,4,7-12H2,(H,18,19)/t14-/m1/s1. The minimum absolute atomic E-state index is 0.120. The minimum Gasteiger partial charge on any atom is -0.481 e. The van der Waals surface area contributed by atoms with E-state index in [4.69, 9.17) is 9.84 Å². The molecule has 1 saturated heterocycles. The van der Waals surface area contributed by atoms with Crippen LogP contribution < -0.4 is 0 Å². The number of hydrogen-bond acceptors (Lipinski definition) is 4. The molecule has 120 valence electrons. The first-order chi connectivity index (χ1) is 10.6. The van der Waals surface area contributed by atoms with E-state index in [1.807, 2.05) is 30.3 Å². The molecule has 1 atom stereocenters. The second-order valence-corrected chi connectivity index (χ2v) is 6.43. The molecule has 0 spiro atoms. The molecule has 1 heterocycles. The first kappa shape index (κ1) is 16.7. The van der Waals surface area contributed by atoms with Crippen LogP contribution in [0.5, 0.6) is 0 Å². The number of carbonyl (C=O) groups is 2. The van der Waals surface area contributed by atoms with Crippen LogP contribution in [0.4, 0.5) is 4.79 Å². The van der Waals surface area contributed by atoms with Gasteiger partial charge in [-0.05, 0) is 30.1 Å². The topological polar surface area (TPSA) is 66.8 Å². The summed E-state index contributed by atoms with van der Waals surface area (Å²) in [5.41, 5.74) is 0.974. The van der Waals surface area contributed by atoms with E-state index >= 15 is 0 Å². The minimum atomic E-state index is -0.792. The molecule has 5 nitrogen and oxygen atoms in total. The van der Waals surface area contributed by atoms with Crippen molar-refractivity contribution in [1.29, 1.82) is 0 Å². The Morgan fingerprint density at radius 2 is 2.09 bits per heavy atom. The average molecular weight is 323 g/mol. The van der Waals surface area contributed by atoms with Crippen LogP contribution in [0.25, 0.3) is 0 Å². The van der Waals surface area contributed by atoms with Crippen molar-refractivity contribution < 1.29 is 19.4 Å². The molecule has 0 unspecified atom stereocenters. The molecule has 0 bridgehead atoms. The number of likely N-dealkylation sites (tertiary alicyclic amines) is 1. The second kappa shape index (κ2) is 8.68. The summed E-state index contributed by atoms with van der Waals surface area (Å²) in [6.07, 6.45) is 1.70. The predicted molar refractivity (Wildman–Crippen MR) is 85.9 cm³/mol. The van der Waals surface area contributed by atoms with Gasteiger partial charge in [-0.1, -0.05) is 30.3 Å². The Kier molecular flexibility index (Phi) is 6.58. The first-order valence-electron chi connectivity index (χ1n) is 7.40. The monoisotopic (exact) mass is 323 g/mol. The van der Waals surface area contributed by atoms with Crippen LogP contribution >= 0.6 is 11.8 Å². The number of nitrogens with zero attached hydrogens (tertiary/aromatic N) is 1. The van der Waals surface area contributed by atoms with Crippen LogP contribution in [-0.2, 0) is 16.1 Å². The van der Waals surface area contributed by atoms with Gasteiger partial charge in [-0.15, -0.1) is 11.8 Å². The molecule has 1 aromatic carbocycles. The quantitative estimate of drug-likeness (QED) is 0.872. The van der Waals surface area contributed by atoms with Crippen LogP contribution in [0.2, 0.25) is 0 Å². The molecule has 1 N–H and O–H groups in total. The van der Waals surface area contributed by atoms with Crippen LogP contribution in [0.1, 0.15) is 18.4 Å². The summed E-state index contributed by atoms with van der Waals surface area (Å²) >= 11 is 1.41. The molecule has 1 aromatic rings. The maximum atomic E-state index is 12.1. The van der Waals surface area contributed by atoms with Crippen molar-refractivity contribution in [2.24, 2.45) is 5.92 Å². The summed E-state index contributed by atoms with van der Waals surface area (Å²) < 4.78 is 5.34. The summed E-state index contributed by atoms with van der Waals surface area (Å²) in [6.45, 7) is 1.66. The molecule has 2 rings (SSSR count). The highest BCUT2D eigenvalue weighted by atomic mass is 32.2. The van der Waals surface area contributed by atoms with Gasteiger partial charge in [0.25, 0.3) is 0 Å². The SMILES string of the molecule is O=C(O)CSC[C@@H]1CCCN(C(=O)OCc2ccccc2)C1. The summed E-state index contributed by atoms with van der Waals surface area (Å²) in [4.78, 5) is 24.4. The van der Waals surface area contributed by atoms with Crippen LogP contribution in [-0.4, -0.2) is 46.7 Å². The lowest BCUT2D eigenvalue weighted by atomic mass is 10.0. The third-order valence-corrected chi connectivity index (χ3v) is 4.72. The van der Waals surface area contributed by atoms with E-state index in [1.165, 1.54) is 11.8 Å². The predicted octanol–water partition coefficient (Wildman–Crippen LogP) is 2.85. The fourth-order valence-electron chi connectivity index (χ4n) is 2.49. The van der Waals surface area contributed by atoms with Gasteiger partial charge in [-0.2, -0.15) is 0 Å². The van der Waals surface area contributed by atoms with E-state index in [2.05, 4.69) is 0 Å². The molecule has 1 fully saturated rings. The Balaban J connectivity index is 1.73. The lowest BCUT2D eigenvalue weighted by molar-refractivity contribution is -0.133. The van der Waals surface area contributed by atoms with Gasteiger partial charge in [-0.3, -0.25) is 4.79 Å². The normalized spacial score (nSPS) is 18.0. The molecule has 0 saturated carbocycles. The first-order valence-corrected chi connectivity index (χ1v) is 8.56. The second-order valence-electron chi connectivity index (χ2n) is 5.40. The fourth-order valence-corrected chi connectivity index (χ4v) is 3.39. The number of amides is 1. The number of hydrogen-bond donors (Lipinski definition) is 1. The Bertz CT molecular complexity index is 494. The maximum absolute atomic E-state index is 12.1. The van der Waals surface area contributed by atoms with Crippen molar-refractivity contribution in [3.63, 3.8) is 0 Å². The van der Waals surface area contributed by atoms with E-state index in [0.29, 0.717) is 19.0 Å². The molecule has 0 aromatic heterocycles. The smallest absolute Gasteiger partial charge is 0.410 e. The summed E-state index contributed by atoms with van der Waals surface area (Å²) in [5, 5.41) is 8.66. The Morgan fingerprint density at radius 3 is 2.82 bits per heavy atom. The lowest BCUT2D eigenvalue weighted by Gasteiger charge is -2.31. The Morgan fingerprint density at radius 1 is 1.32 bits per heavy atom. The highest BCUT2D eigenvalue weighted by Crippen LogP contribution is 2.21. The lowest BCUT2D eigenvalue weighted by Crippen LogP contribution is -2.40. The number of thioether (sulfide) groups is 1. The van der Waals surface area contributed by atoms with Gasteiger partial charge in [0, 0.05) is 13.1 Å². The maximum Gasteiger partial charge on any atom is 0.410 e. The van der Waals surface area contributed by atoms with Gasteiger partial charge in [0.05, 0.1) is 5.75 Å². The van der Waals surface area contributed by atoms with Crippen LogP contribution in [0.15, 0.2) is 30.3 Å². The van der Waals surface area contributed by atoms with E-state index in [1.54, 1.807) is 4.90 Å². The zero-order valence-electron chi connectivity index (χ0n) is 12.4. The van der Waals surface area contributed by atoms with Crippen molar-refractivity contribution in [3.8, 4) is 0 Å². The zero-order chi connectivity index (χ0) is 15.8. The molecule has 0 aliphatic carbocycles. The number of piperidine rings is 1. The number of rotatable bonds is 6. The highest BCUT2D eigenvalue weighted by Gasteiger charge is 2.24. The largest absolute Gasteiger partial charge is 0.481 e. The number of carboxylic acid groups (broad SMARTS) is 1. The molecule has 1 amide bonds. The molecule has 22 heavy (non-hydrogen) atoms. The Labute approximate surface area is 134 Å². The summed E-state index contributed by atoms with van der Waals surface area (Å²) in [6, 6.07) is 9.61. The molecule has 1 aliphatic rings. The number of aliphatic carboxylic acids is 1. The highest BCUT2D eigenvalue weighted by molar-refractivity contribution is 7.99. The number of benzene rings is 1. The van der Waals surface area contributed by atoms with Crippen LogP contribution in [0.3, 0.4) is 0 Å². The van der Waals surface area contributed by atoms with Crippen molar-refractivity contribution in [2.75, 3.05) is 24.6 Å². The average Bonchev–Trinajstić information content (AvgIpc) is 2.53. The van der Waals surface area contributed by atoms with E-state index < -0.39 is 5.97 Å². The van der Waals surface area contributed by atoms with Gasteiger partial charge in [-0.25, -0.2) is 4.79 Å². The van der Waals surface area contributed by atoms with Crippen LogP contribution in [0, 0.1) is 5.92 Å². The third kappa shape index (κ3) is 5.60.